The maximum absolute atomic E-state index is 11.5. The smallest absolute Gasteiger partial charge is 0.340 e. The summed E-state index contributed by atoms with van der Waals surface area (Å²) in [6.07, 6.45) is 6.81. The summed E-state index contributed by atoms with van der Waals surface area (Å²) in [4.78, 5) is 20.3. The van der Waals surface area contributed by atoms with Gasteiger partial charge in [-0.3, -0.25) is 0 Å². The summed E-state index contributed by atoms with van der Waals surface area (Å²) in [6, 6.07) is 0. The minimum atomic E-state index is -0.917. The first-order chi connectivity index (χ1) is 10.0. The van der Waals surface area contributed by atoms with E-state index in [4.69, 9.17) is 0 Å². The van der Waals surface area contributed by atoms with Crippen LogP contribution in [-0.4, -0.2) is 26.3 Å². The van der Waals surface area contributed by atoms with Crippen LogP contribution in [0.5, 0.6) is 0 Å². The maximum atomic E-state index is 11.5. The van der Waals surface area contributed by atoms with Crippen LogP contribution in [-0.2, 0) is 6.42 Å². The molecule has 1 heterocycles. The predicted octanol–water partition coefficient (Wildman–Crippen LogP) is 4.11. The molecular weight excluding hydrogens is 284 g/mol. The molecule has 4 nitrogen and oxygen atoms in total. The molecule has 0 aromatic carbocycles. The molecule has 1 fully saturated rings. The molecule has 0 unspecified atom stereocenters. The Labute approximate surface area is 130 Å². The number of hydrogen-bond donors (Lipinski definition) is 1. The molecule has 0 spiro atoms. The van der Waals surface area contributed by atoms with E-state index in [-0.39, 0.29) is 5.56 Å². The van der Waals surface area contributed by atoms with Crippen molar-refractivity contribution in [1.82, 2.24) is 9.97 Å². The van der Waals surface area contributed by atoms with Crippen molar-refractivity contribution in [1.29, 1.82) is 0 Å². The Kier molecular flexibility index (Phi) is 5.62. The number of carboxylic acid groups (broad SMARTS) is 1. The molecule has 0 radical (unpaired) electrons. The molecule has 0 atom stereocenters. The van der Waals surface area contributed by atoms with Gasteiger partial charge in [0.25, 0.3) is 0 Å². The van der Waals surface area contributed by atoms with Crippen molar-refractivity contribution < 1.29 is 9.90 Å². The normalized spacial score (nSPS) is 22.2. The van der Waals surface area contributed by atoms with Crippen molar-refractivity contribution >= 4 is 17.7 Å². The van der Waals surface area contributed by atoms with Gasteiger partial charge in [0.05, 0.1) is 5.69 Å². The van der Waals surface area contributed by atoms with E-state index in [2.05, 4.69) is 16.9 Å². The number of aromatic carboxylic acids is 1. The second-order valence-electron chi connectivity index (χ2n) is 5.73. The van der Waals surface area contributed by atoms with Gasteiger partial charge in [-0.2, -0.15) is 0 Å². The molecule has 1 saturated carbocycles. The zero-order valence-corrected chi connectivity index (χ0v) is 13.9. The Bertz CT molecular complexity index is 511. The van der Waals surface area contributed by atoms with Crippen molar-refractivity contribution in [2.24, 2.45) is 5.92 Å². The first-order valence-corrected chi connectivity index (χ1v) is 8.70. The third-order valence-electron chi connectivity index (χ3n) is 4.28. The van der Waals surface area contributed by atoms with Crippen LogP contribution in [0.15, 0.2) is 5.03 Å². The quantitative estimate of drug-likeness (QED) is 0.829. The van der Waals surface area contributed by atoms with Crippen molar-refractivity contribution in [3.63, 3.8) is 0 Å². The van der Waals surface area contributed by atoms with Gasteiger partial charge in [0.2, 0.25) is 0 Å². The zero-order chi connectivity index (χ0) is 15.4. The summed E-state index contributed by atoms with van der Waals surface area (Å²) in [7, 11) is 0. The molecule has 116 valence electrons. The van der Waals surface area contributed by atoms with Crippen LogP contribution < -0.4 is 0 Å². The number of thioether (sulfide) groups is 1. The number of rotatable bonds is 5. The lowest BCUT2D eigenvalue weighted by atomic mass is 9.87. The standard InChI is InChI=1S/C16H24N2O2S/c1-4-11-6-8-12(9-7-11)21-15-14(16(19)20)10(3)17-13(5-2)18-15/h11-12H,4-9H2,1-3H3,(H,19,20). The number of carbonyl (C=O) groups is 1. The molecule has 1 aliphatic rings. The van der Waals surface area contributed by atoms with Crippen LogP contribution in [0, 0.1) is 12.8 Å². The second-order valence-corrected chi connectivity index (χ2v) is 7.02. The predicted molar refractivity (Wildman–Crippen MR) is 85.0 cm³/mol. The average Bonchev–Trinajstić information content (AvgIpc) is 2.47. The van der Waals surface area contributed by atoms with E-state index in [9.17, 15) is 9.90 Å². The van der Waals surface area contributed by atoms with Gasteiger partial charge >= 0.3 is 5.97 Å². The number of aromatic nitrogens is 2. The first-order valence-electron chi connectivity index (χ1n) is 7.82. The van der Waals surface area contributed by atoms with Gasteiger partial charge in [-0.1, -0.05) is 20.3 Å². The lowest BCUT2D eigenvalue weighted by Gasteiger charge is -2.27. The summed E-state index contributed by atoms with van der Waals surface area (Å²) >= 11 is 1.64. The lowest BCUT2D eigenvalue weighted by Crippen LogP contribution is -2.17. The zero-order valence-electron chi connectivity index (χ0n) is 13.1. The Morgan fingerprint density at radius 3 is 2.43 bits per heavy atom. The van der Waals surface area contributed by atoms with E-state index in [0.29, 0.717) is 16.0 Å². The Balaban J connectivity index is 2.18. The summed E-state index contributed by atoms with van der Waals surface area (Å²) in [5.41, 5.74) is 0.869. The lowest BCUT2D eigenvalue weighted by molar-refractivity contribution is 0.0690. The number of hydrogen-bond acceptors (Lipinski definition) is 4. The van der Waals surface area contributed by atoms with Gasteiger partial charge in [-0.25, -0.2) is 14.8 Å². The minimum absolute atomic E-state index is 0.287. The highest BCUT2D eigenvalue weighted by molar-refractivity contribution is 7.99. The summed E-state index contributed by atoms with van der Waals surface area (Å²) < 4.78 is 0. The molecule has 21 heavy (non-hydrogen) atoms. The molecule has 1 aromatic rings. The van der Waals surface area contributed by atoms with E-state index in [0.717, 1.165) is 31.0 Å². The fourth-order valence-corrected chi connectivity index (χ4v) is 4.24. The van der Waals surface area contributed by atoms with Gasteiger partial charge < -0.3 is 5.11 Å². The molecule has 0 aliphatic heterocycles. The number of nitrogens with zero attached hydrogens (tertiary/aromatic N) is 2. The fraction of sp³-hybridized carbons (Fsp3) is 0.688. The average molecular weight is 308 g/mol. The molecule has 1 N–H and O–H groups in total. The third kappa shape index (κ3) is 3.96. The van der Waals surface area contributed by atoms with Crippen molar-refractivity contribution in [2.75, 3.05) is 0 Å². The minimum Gasteiger partial charge on any atom is -0.478 e. The van der Waals surface area contributed by atoms with Crippen molar-refractivity contribution in [3.05, 3.63) is 17.1 Å². The van der Waals surface area contributed by atoms with Gasteiger partial charge in [-0.15, -0.1) is 11.8 Å². The molecular formula is C16H24N2O2S. The van der Waals surface area contributed by atoms with E-state index in [1.807, 2.05) is 6.92 Å². The molecule has 0 bridgehead atoms. The molecule has 5 heteroatoms. The van der Waals surface area contributed by atoms with Crippen molar-refractivity contribution in [2.45, 2.75) is 69.6 Å². The summed E-state index contributed by atoms with van der Waals surface area (Å²) in [5, 5.41) is 10.6. The van der Waals surface area contributed by atoms with E-state index >= 15 is 0 Å². The van der Waals surface area contributed by atoms with Crippen LogP contribution in [0.4, 0.5) is 0 Å². The highest BCUT2D eigenvalue weighted by atomic mass is 32.2. The Morgan fingerprint density at radius 1 is 1.24 bits per heavy atom. The van der Waals surface area contributed by atoms with E-state index in [1.54, 1.807) is 18.7 Å². The first kappa shape index (κ1) is 16.3. The maximum Gasteiger partial charge on any atom is 0.340 e. The van der Waals surface area contributed by atoms with Crippen LogP contribution in [0.25, 0.3) is 0 Å². The van der Waals surface area contributed by atoms with Crippen LogP contribution >= 0.6 is 11.8 Å². The Morgan fingerprint density at radius 2 is 1.90 bits per heavy atom. The van der Waals surface area contributed by atoms with E-state index < -0.39 is 5.97 Å². The molecule has 2 rings (SSSR count). The molecule has 0 amide bonds. The summed E-state index contributed by atoms with van der Waals surface area (Å²) in [6.45, 7) is 6.01. The van der Waals surface area contributed by atoms with Crippen molar-refractivity contribution in [3.8, 4) is 0 Å². The monoisotopic (exact) mass is 308 g/mol. The van der Waals surface area contributed by atoms with Gasteiger partial charge in [-0.05, 0) is 38.5 Å². The third-order valence-corrected chi connectivity index (χ3v) is 5.61. The molecule has 0 saturated heterocycles. The topological polar surface area (TPSA) is 63.1 Å². The fourth-order valence-electron chi connectivity index (χ4n) is 2.91. The summed E-state index contributed by atoms with van der Waals surface area (Å²) in [5.74, 6) is 0.668. The van der Waals surface area contributed by atoms with Gasteiger partial charge in [0, 0.05) is 11.7 Å². The van der Waals surface area contributed by atoms with Crippen LogP contribution in [0.2, 0.25) is 0 Å². The second kappa shape index (κ2) is 7.25. The van der Waals surface area contributed by atoms with E-state index in [1.165, 1.54) is 19.3 Å². The molecule has 1 aromatic heterocycles. The highest BCUT2D eigenvalue weighted by Gasteiger charge is 2.25. The van der Waals surface area contributed by atoms with Crippen LogP contribution in [0.3, 0.4) is 0 Å². The van der Waals surface area contributed by atoms with Crippen LogP contribution in [0.1, 0.15) is 67.8 Å². The van der Waals surface area contributed by atoms with Gasteiger partial charge in [0.1, 0.15) is 16.4 Å². The number of aryl methyl sites for hydroxylation is 2. The SMILES string of the molecule is CCc1nc(C)c(C(=O)O)c(SC2CCC(CC)CC2)n1. The number of carboxylic acids is 1. The Hall–Kier alpha value is -1.10. The van der Waals surface area contributed by atoms with Gasteiger partial charge in [0.15, 0.2) is 0 Å². The highest BCUT2D eigenvalue weighted by Crippen LogP contribution is 2.37. The molecule has 1 aliphatic carbocycles. The largest absolute Gasteiger partial charge is 0.478 e.